The summed E-state index contributed by atoms with van der Waals surface area (Å²) in [6, 6.07) is 14.9. The average Bonchev–Trinajstić information content (AvgIpc) is 3.45. The number of ether oxygens (including phenoxy) is 1. The van der Waals surface area contributed by atoms with E-state index in [1.54, 1.807) is 54.6 Å². The van der Waals surface area contributed by atoms with Crippen LogP contribution in [0.5, 0.6) is 5.75 Å². The zero-order valence-electron chi connectivity index (χ0n) is 18.1. The van der Waals surface area contributed by atoms with Gasteiger partial charge in [0.1, 0.15) is 11.5 Å². The van der Waals surface area contributed by atoms with E-state index in [2.05, 4.69) is 10.4 Å². The fourth-order valence-electron chi connectivity index (χ4n) is 4.12. The Balaban J connectivity index is 1.44. The Morgan fingerprint density at radius 1 is 1.09 bits per heavy atom. The molecule has 2 aromatic heterocycles. The zero-order valence-corrected chi connectivity index (χ0v) is 18.1. The van der Waals surface area contributed by atoms with Gasteiger partial charge in [-0.05, 0) is 67.9 Å². The monoisotopic (exact) mass is 467 g/mol. The van der Waals surface area contributed by atoms with Crippen molar-refractivity contribution in [1.82, 2.24) is 9.78 Å². The Kier molecular flexibility index (Phi) is 5.39. The maximum absolute atomic E-state index is 13.7. The maximum atomic E-state index is 13.7. The number of anilines is 1. The molecule has 9 heteroatoms. The fraction of sp³-hybridized carbons (Fsp3) is 0.200. The molecule has 1 amide bonds. The van der Waals surface area contributed by atoms with Gasteiger partial charge >= 0.3 is 6.18 Å². The van der Waals surface area contributed by atoms with Gasteiger partial charge in [-0.2, -0.15) is 18.3 Å². The molecule has 0 saturated carbocycles. The Morgan fingerprint density at radius 3 is 2.50 bits per heavy atom. The number of furan rings is 1. The second-order valence-electron chi connectivity index (χ2n) is 7.80. The summed E-state index contributed by atoms with van der Waals surface area (Å²) in [5.41, 5.74) is 1.60. The van der Waals surface area contributed by atoms with Gasteiger partial charge in [0, 0.05) is 28.8 Å². The second kappa shape index (κ2) is 8.40. The number of rotatable bonds is 5. The molecule has 0 bridgehead atoms. The van der Waals surface area contributed by atoms with E-state index < -0.39 is 11.9 Å². The summed E-state index contributed by atoms with van der Waals surface area (Å²) in [5, 5.41) is 6.71. The zero-order chi connectivity index (χ0) is 23.9. The van der Waals surface area contributed by atoms with Crippen LogP contribution in [0.15, 0.2) is 65.3 Å². The van der Waals surface area contributed by atoms with Crippen LogP contribution in [0, 0.1) is 0 Å². The molecule has 0 radical (unpaired) electrons. The van der Waals surface area contributed by atoms with Gasteiger partial charge in [0.05, 0.1) is 24.3 Å². The number of hydrogen-bond acceptors (Lipinski definition) is 4. The van der Waals surface area contributed by atoms with Crippen LogP contribution in [0.1, 0.15) is 34.3 Å². The smallest absolute Gasteiger partial charge is 0.435 e. The minimum atomic E-state index is -4.58. The number of aryl methyl sites for hydroxylation is 1. The Bertz CT molecular complexity index is 1340. The molecule has 0 saturated heterocycles. The molecule has 1 aliphatic rings. The van der Waals surface area contributed by atoms with Crippen LogP contribution in [0.4, 0.5) is 18.9 Å². The predicted molar refractivity (Wildman–Crippen MR) is 119 cm³/mol. The van der Waals surface area contributed by atoms with Crippen LogP contribution in [-0.2, 0) is 19.0 Å². The van der Waals surface area contributed by atoms with Crippen LogP contribution in [0.3, 0.4) is 0 Å². The fourth-order valence-corrected chi connectivity index (χ4v) is 4.12. The molecule has 6 nitrogen and oxygen atoms in total. The van der Waals surface area contributed by atoms with Gasteiger partial charge in [-0.3, -0.25) is 4.79 Å². The highest BCUT2D eigenvalue weighted by molar-refractivity contribution is 6.04. The predicted octanol–water partition coefficient (Wildman–Crippen LogP) is 5.90. The van der Waals surface area contributed by atoms with Crippen molar-refractivity contribution in [3.05, 3.63) is 83.4 Å². The van der Waals surface area contributed by atoms with Gasteiger partial charge in [0.25, 0.3) is 5.91 Å². The van der Waals surface area contributed by atoms with Crippen molar-refractivity contribution in [3.8, 4) is 22.7 Å². The van der Waals surface area contributed by atoms with Crippen molar-refractivity contribution in [1.29, 1.82) is 0 Å². The first-order chi connectivity index (χ1) is 16.3. The lowest BCUT2D eigenvalue weighted by molar-refractivity contribution is -0.142. The average molecular weight is 467 g/mol. The lowest BCUT2D eigenvalue weighted by Crippen LogP contribution is -2.12. The highest BCUT2D eigenvalue weighted by atomic mass is 19.4. The molecular weight excluding hydrogens is 447 g/mol. The number of benzene rings is 2. The van der Waals surface area contributed by atoms with E-state index in [4.69, 9.17) is 9.15 Å². The van der Waals surface area contributed by atoms with E-state index >= 15 is 0 Å². The Morgan fingerprint density at radius 2 is 1.82 bits per heavy atom. The minimum absolute atomic E-state index is 0.152. The highest BCUT2D eigenvalue weighted by Crippen LogP contribution is 2.42. The number of aromatic nitrogens is 2. The summed E-state index contributed by atoms with van der Waals surface area (Å²) in [5.74, 6) is 0.992. The van der Waals surface area contributed by atoms with E-state index in [9.17, 15) is 18.0 Å². The molecular formula is C25H20F3N3O3. The molecule has 174 valence electrons. The van der Waals surface area contributed by atoms with Gasteiger partial charge in [0.15, 0.2) is 5.69 Å². The first kappa shape index (κ1) is 21.8. The van der Waals surface area contributed by atoms with Gasteiger partial charge in [-0.15, -0.1) is 0 Å². The van der Waals surface area contributed by atoms with Gasteiger partial charge in [0.2, 0.25) is 0 Å². The standard InChI is InChI=1S/C25H20F3N3O3/c1-2-33-18-9-5-16(6-10-18)29-24(32)15-3-7-17(8-4-15)31-22-19-13-14-34-21(19)12-11-20(22)23(30-31)25(26,27)28/h3-10,13-14H,2,11-12H2,1H3,(H,29,32). The SMILES string of the molecule is CCOc1ccc(NC(=O)c2ccc(-n3nc(C(F)(F)F)c4c3-c3ccoc3CC4)cc2)cc1. The van der Waals surface area contributed by atoms with E-state index in [1.807, 2.05) is 6.92 Å². The number of amides is 1. The third kappa shape index (κ3) is 3.93. The molecule has 2 heterocycles. The molecule has 2 aromatic carbocycles. The summed E-state index contributed by atoms with van der Waals surface area (Å²) < 4.78 is 53.2. The molecule has 5 rings (SSSR count). The van der Waals surface area contributed by atoms with Crippen LogP contribution in [0.25, 0.3) is 16.9 Å². The summed E-state index contributed by atoms with van der Waals surface area (Å²) >= 11 is 0. The van der Waals surface area contributed by atoms with Crippen LogP contribution >= 0.6 is 0 Å². The van der Waals surface area contributed by atoms with E-state index in [0.717, 1.165) is 0 Å². The quantitative estimate of drug-likeness (QED) is 0.397. The summed E-state index contributed by atoms with van der Waals surface area (Å²) in [4.78, 5) is 12.6. The van der Waals surface area contributed by atoms with E-state index in [-0.39, 0.29) is 17.9 Å². The number of alkyl halides is 3. The van der Waals surface area contributed by atoms with Crippen LogP contribution < -0.4 is 10.1 Å². The van der Waals surface area contributed by atoms with E-state index in [0.29, 0.717) is 52.7 Å². The van der Waals surface area contributed by atoms with Gasteiger partial charge in [-0.1, -0.05) is 0 Å². The van der Waals surface area contributed by atoms with Crippen molar-refractivity contribution >= 4 is 11.6 Å². The summed E-state index contributed by atoms with van der Waals surface area (Å²) in [6.45, 7) is 2.43. The number of carbonyl (C=O) groups excluding carboxylic acids is 1. The third-order valence-electron chi connectivity index (χ3n) is 5.65. The number of fused-ring (bicyclic) bond motifs is 3. The summed E-state index contributed by atoms with van der Waals surface area (Å²) in [6.07, 6.45) is -2.53. The topological polar surface area (TPSA) is 69.3 Å². The van der Waals surface area contributed by atoms with Crippen molar-refractivity contribution in [2.24, 2.45) is 0 Å². The number of hydrogen-bond donors (Lipinski definition) is 1. The molecule has 0 fully saturated rings. The number of nitrogens with one attached hydrogen (secondary N) is 1. The van der Waals surface area contributed by atoms with Gasteiger partial charge < -0.3 is 14.5 Å². The van der Waals surface area contributed by atoms with Crippen molar-refractivity contribution in [2.75, 3.05) is 11.9 Å². The number of carbonyl (C=O) groups is 1. The highest BCUT2D eigenvalue weighted by Gasteiger charge is 2.41. The van der Waals surface area contributed by atoms with Crippen LogP contribution in [0.2, 0.25) is 0 Å². The first-order valence-corrected chi connectivity index (χ1v) is 10.8. The molecule has 0 atom stereocenters. The van der Waals surface area contributed by atoms with Crippen molar-refractivity contribution < 1.29 is 27.1 Å². The third-order valence-corrected chi connectivity index (χ3v) is 5.65. The van der Waals surface area contributed by atoms with Crippen molar-refractivity contribution in [2.45, 2.75) is 25.9 Å². The maximum Gasteiger partial charge on any atom is 0.435 e. The lowest BCUT2D eigenvalue weighted by atomic mass is 9.94. The number of nitrogens with zero attached hydrogens (tertiary/aromatic N) is 2. The normalized spacial score (nSPS) is 12.7. The molecule has 1 aliphatic carbocycles. The van der Waals surface area contributed by atoms with Crippen LogP contribution in [-0.4, -0.2) is 22.3 Å². The summed E-state index contributed by atoms with van der Waals surface area (Å²) in [7, 11) is 0. The molecule has 34 heavy (non-hydrogen) atoms. The molecule has 0 unspecified atom stereocenters. The Hall–Kier alpha value is -4.01. The second-order valence-corrected chi connectivity index (χ2v) is 7.80. The largest absolute Gasteiger partial charge is 0.494 e. The lowest BCUT2D eigenvalue weighted by Gasteiger charge is -2.15. The molecule has 4 aromatic rings. The Labute approximate surface area is 193 Å². The number of halogens is 3. The van der Waals surface area contributed by atoms with Gasteiger partial charge in [-0.25, -0.2) is 4.68 Å². The van der Waals surface area contributed by atoms with E-state index in [1.165, 1.54) is 10.9 Å². The molecule has 0 aliphatic heterocycles. The molecule has 1 N–H and O–H groups in total. The minimum Gasteiger partial charge on any atom is -0.494 e. The van der Waals surface area contributed by atoms with Crippen molar-refractivity contribution in [3.63, 3.8) is 0 Å². The molecule has 0 spiro atoms. The first-order valence-electron chi connectivity index (χ1n) is 10.8.